The summed E-state index contributed by atoms with van der Waals surface area (Å²) in [5.74, 6) is 0.963. The Kier molecular flexibility index (Phi) is 2.74. The van der Waals surface area contributed by atoms with E-state index in [1.807, 2.05) is 4.57 Å². The monoisotopic (exact) mass is 273 g/mol. The molecule has 0 aliphatic heterocycles. The van der Waals surface area contributed by atoms with Crippen molar-refractivity contribution in [3.05, 3.63) is 30.2 Å². The normalized spacial score (nSPS) is 11.7. The van der Waals surface area contributed by atoms with Crippen LogP contribution in [0.25, 0.3) is 22.4 Å². The first-order chi connectivity index (χ1) is 9.49. The zero-order chi connectivity index (χ0) is 14.4. The van der Waals surface area contributed by atoms with Crippen LogP contribution >= 0.6 is 0 Å². The molecule has 0 bridgehead atoms. The summed E-state index contributed by atoms with van der Waals surface area (Å²) < 4.78 is 17.0. The third kappa shape index (κ3) is 1.76. The van der Waals surface area contributed by atoms with Gasteiger partial charge in [-0.25, -0.2) is 9.37 Å². The van der Waals surface area contributed by atoms with Crippen molar-refractivity contribution in [1.29, 1.82) is 0 Å². The van der Waals surface area contributed by atoms with Gasteiger partial charge in [0.15, 0.2) is 0 Å². The van der Waals surface area contributed by atoms with Gasteiger partial charge in [0, 0.05) is 19.2 Å². The first kappa shape index (κ1) is 12.7. The number of hydrogen-bond acceptors (Lipinski definition) is 3. The second-order valence-electron chi connectivity index (χ2n) is 5.10. The van der Waals surface area contributed by atoms with Gasteiger partial charge in [0.25, 0.3) is 0 Å². The van der Waals surface area contributed by atoms with Crippen molar-refractivity contribution in [3.8, 4) is 11.4 Å². The maximum atomic E-state index is 13.4. The van der Waals surface area contributed by atoms with Crippen LogP contribution in [0.2, 0.25) is 0 Å². The maximum absolute atomic E-state index is 13.4. The number of aryl methyl sites for hydroxylation is 1. The number of nitrogens with two attached hydrogens (primary N) is 1. The highest BCUT2D eigenvalue weighted by Crippen LogP contribution is 2.31. The predicted molar refractivity (Wildman–Crippen MR) is 76.7 cm³/mol. The fourth-order valence-electron chi connectivity index (χ4n) is 2.40. The summed E-state index contributed by atoms with van der Waals surface area (Å²) in [7, 11) is 1.78. The highest BCUT2D eigenvalue weighted by Gasteiger charge is 2.19. The van der Waals surface area contributed by atoms with Gasteiger partial charge < -0.3 is 10.3 Å². The van der Waals surface area contributed by atoms with Crippen LogP contribution in [0.15, 0.2) is 24.4 Å². The Morgan fingerprint density at radius 3 is 2.65 bits per heavy atom. The molecule has 1 aromatic carbocycles. The van der Waals surface area contributed by atoms with Crippen molar-refractivity contribution >= 4 is 16.9 Å². The second kappa shape index (κ2) is 4.33. The lowest BCUT2D eigenvalue weighted by atomic mass is 10.2. The number of imidazole rings is 1. The van der Waals surface area contributed by atoms with Crippen LogP contribution in [0.4, 0.5) is 10.2 Å². The molecule has 0 saturated heterocycles. The van der Waals surface area contributed by atoms with Crippen molar-refractivity contribution in [2.45, 2.75) is 19.9 Å². The van der Waals surface area contributed by atoms with Gasteiger partial charge in [-0.3, -0.25) is 4.68 Å². The minimum Gasteiger partial charge on any atom is -0.383 e. The summed E-state index contributed by atoms with van der Waals surface area (Å²) in [5, 5.41) is 4.14. The fraction of sp³-hybridized carbons (Fsp3) is 0.286. The number of nitrogen functional groups attached to an aromatic ring is 1. The second-order valence-corrected chi connectivity index (χ2v) is 5.10. The Balaban J connectivity index is 2.35. The highest BCUT2D eigenvalue weighted by atomic mass is 19.1. The van der Waals surface area contributed by atoms with Gasteiger partial charge in [-0.05, 0) is 26.0 Å². The lowest BCUT2D eigenvalue weighted by Crippen LogP contribution is -2.05. The van der Waals surface area contributed by atoms with Crippen LogP contribution in [-0.2, 0) is 7.05 Å². The maximum Gasteiger partial charge on any atom is 0.146 e. The molecule has 0 fully saturated rings. The molecule has 5 nitrogen and oxygen atoms in total. The molecule has 3 aromatic rings. The minimum absolute atomic E-state index is 0.181. The summed E-state index contributed by atoms with van der Waals surface area (Å²) in [5.41, 5.74) is 8.30. The van der Waals surface area contributed by atoms with Crippen molar-refractivity contribution < 1.29 is 4.39 Å². The number of fused-ring (bicyclic) bond motifs is 1. The van der Waals surface area contributed by atoms with Crippen molar-refractivity contribution in [2.24, 2.45) is 7.05 Å². The highest BCUT2D eigenvalue weighted by molar-refractivity contribution is 5.83. The average Bonchev–Trinajstić information content (AvgIpc) is 2.90. The van der Waals surface area contributed by atoms with Gasteiger partial charge in [-0.2, -0.15) is 5.10 Å². The largest absolute Gasteiger partial charge is 0.383 e. The lowest BCUT2D eigenvalue weighted by molar-refractivity contribution is 0.620. The molecule has 20 heavy (non-hydrogen) atoms. The quantitative estimate of drug-likeness (QED) is 0.781. The van der Waals surface area contributed by atoms with Gasteiger partial charge in [-0.15, -0.1) is 0 Å². The molecule has 0 aliphatic carbocycles. The summed E-state index contributed by atoms with van der Waals surface area (Å²) in [4.78, 5) is 4.53. The first-order valence-corrected chi connectivity index (χ1v) is 6.44. The topological polar surface area (TPSA) is 61.7 Å². The van der Waals surface area contributed by atoms with E-state index in [1.165, 1.54) is 12.1 Å². The van der Waals surface area contributed by atoms with Crippen LogP contribution in [0, 0.1) is 5.82 Å². The summed E-state index contributed by atoms with van der Waals surface area (Å²) in [6.07, 6.45) is 1.69. The van der Waals surface area contributed by atoms with Gasteiger partial charge in [0.05, 0.1) is 22.8 Å². The number of rotatable bonds is 2. The van der Waals surface area contributed by atoms with Crippen molar-refractivity contribution in [3.63, 3.8) is 0 Å². The van der Waals surface area contributed by atoms with Crippen LogP contribution in [-0.4, -0.2) is 19.3 Å². The number of nitrogens with zero attached hydrogens (tertiary/aromatic N) is 4. The van der Waals surface area contributed by atoms with E-state index in [2.05, 4.69) is 23.9 Å². The summed E-state index contributed by atoms with van der Waals surface area (Å²) in [6.45, 7) is 4.11. The summed E-state index contributed by atoms with van der Waals surface area (Å²) in [6, 6.07) is 4.80. The smallest absolute Gasteiger partial charge is 0.146 e. The minimum atomic E-state index is -0.295. The van der Waals surface area contributed by atoms with Gasteiger partial charge in [0.2, 0.25) is 0 Å². The molecule has 0 aliphatic rings. The van der Waals surface area contributed by atoms with E-state index in [1.54, 1.807) is 24.0 Å². The lowest BCUT2D eigenvalue weighted by Gasteiger charge is -2.12. The molecule has 104 valence electrons. The third-order valence-electron chi connectivity index (χ3n) is 3.39. The van der Waals surface area contributed by atoms with E-state index < -0.39 is 0 Å². The van der Waals surface area contributed by atoms with E-state index in [0.717, 1.165) is 11.1 Å². The molecule has 0 unspecified atom stereocenters. The molecule has 3 rings (SSSR count). The number of halogens is 1. The van der Waals surface area contributed by atoms with Crippen molar-refractivity contribution in [1.82, 2.24) is 19.3 Å². The number of anilines is 1. The molecule has 0 saturated carbocycles. The van der Waals surface area contributed by atoms with Gasteiger partial charge >= 0.3 is 0 Å². The SMILES string of the molecule is CC(C)n1c(-c2cnn(C)c2N)nc2cc(F)ccc21. The van der Waals surface area contributed by atoms with Gasteiger partial charge in [-0.1, -0.05) is 0 Å². The van der Waals surface area contributed by atoms with Crippen LogP contribution in [0.3, 0.4) is 0 Å². The van der Waals surface area contributed by atoms with Crippen LogP contribution in [0.5, 0.6) is 0 Å². The molecule has 0 spiro atoms. The Labute approximate surface area is 115 Å². The Hall–Kier alpha value is -2.37. The van der Waals surface area contributed by atoms with E-state index in [9.17, 15) is 4.39 Å². The Morgan fingerprint density at radius 2 is 2.05 bits per heavy atom. The molecule has 0 radical (unpaired) electrons. The summed E-state index contributed by atoms with van der Waals surface area (Å²) >= 11 is 0. The third-order valence-corrected chi connectivity index (χ3v) is 3.39. The fourth-order valence-corrected chi connectivity index (χ4v) is 2.40. The molecule has 2 N–H and O–H groups in total. The average molecular weight is 273 g/mol. The predicted octanol–water partition coefficient (Wildman–Crippen LogP) is 2.74. The number of hydrogen-bond donors (Lipinski definition) is 1. The number of benzene rings is 1. The van der Waals surface area contributed by atoms with Crippen LogP contribution in [0.1, 0.15) is 19.9 Å². The van der Waals surface area contributed by atoms with E-state index in [-0.39, 0.29) is 11.9 Å². The van der Waals surface area contributed by atoms with Crippen LogP contribution < -0.4 is 5.73 Å². The standard InChI is InChI=1S/C14H16FN5/c1-8(2)20-12-5-4-9(15)6-11(12)18-14(20)10-7-17-19(3)13(10)16/h4-8H,16H2,1-3H3. The van der Waals surface area contributed by atoms with E-state index in [4.69, 9.17) is 5.73 Å². The zero-order valence-corrected chi connectivity index (χ0v) is 11.6. The molecule has 0 amide bonds. The number of aromatic nitrogens is 4. The molecule has 6 heteroatoms. The van der Waals surface area contributed by atoms with E-state index in [0.29, 0.717) is 17.2 Å². The molecular formula is C14H16FN5. The van der Waals surface area contributed by atoms with Crippen molar-refractivity contribution in [2.75, 3.05) is 5.73 Å². The van der Waals surface area contributed by atoms with E-state index >= 15 is 0 Å². The Bertz CT molecular complexity index is 784. The molecular weight excluding hydrogens is 257 g/mol. The first-order valence-electron chi connectivity index (χ1n) is 6.44. The van der Waals surface area contributed by atoms with Gasteiger partial charge in [0.1, 0.15) is 17.5 Å². The molecule has 2 heterocycles. The molecule has 2 aromatic heterocycles. The zero-order valence-electron chi connectivity index (χ0n) is 11.6. The molecule has 0 atom stereocenters. The Morgan fingerprint density at radius 1 is 1.30 bits per heavy atom.